The summed E-state index contributed by atoms with van der Waals surface area (Å²) in [5, 5.41) is 7.85. The minimum absolute atomic E-state index is 0. The Labute approximate surface area is 156 Å². The Morgan fingerprint density at radius 2 is 1.74 bits per heavy atom. The van der Waals surface area contributed by atoms with Gasteiger partial charge in [-0.05, 0) is 6.42 Å². The van der Waals surface area contributed by atoms with Crippen LogP contribution in [0.5, 0.6) is 0 Å². The third-order valence-electron chi connectivity index (χ3n) is 2.49. The van der Waals surface area contributed by atoms with E-state index >= 15 is 0 Å². The minimum atomic E-state index is -4.97. The first-order valence-electron chi connectivity index (χ1n) is 4.70. The summed E-state index contributed by atoms with van der Waals surface area (Å²) < 4.78 is 68.8. The van der Waals surface area contributed by atoms with Crippen molar-refractivity contribution in [3.8, 4) is 0 Å². The zero-order chi connectivity index (χ0) is 13.3. The van der Waals surface area contributed by atoms with Crippen LogP contribution in [0.1, 0.15) is 12.8 Å². The summed E-state index contributed by atoms with van der Waals surface area (Å²) in [4.78, 5) is 0. The Bertz CT molecular complexity index is 467. The van der Waals surface area contributed by atoms with Crippen molar-refractivity contribution in [3.63, 3.8) is 0 Å². The topological polar surface area (TPSA) is 144 Å². The van der Waals surface area contributed by atoms with Gasteiger partial charge in [0.05, 0.1) is 43.4 Å². The summed E-state index contributed by atoms with van der Waals surface area (Å²) in [5.41, 5.74) is -1.56. The molecule has 0 aromatic carbocycles. The Balaban J connectivity index is 0. The molecule has 8 nitrogen and oxygen atoms in total. The molecule has 1 fully saturated rings. The second-order valence-corrected chi connectivity index (χ2v) is 7.17. The van der Waals surface area contributed by atoms with E-state index in [1.54, 1.807) is 0 Å². The summed E-state index contributed by atoms with van der Waals surface area (Å²) in [6.07, 6.45) is -0.516. The zero-order valence-corrected chi connectivity index (χ0v) is 16.4. The van der Waals surface area contributed by atoms with E-state index in [-0.39, 0.29) is 78.7 Å². The summed E-state index contributed by atoms with van der Waals surface area (Å²) in [7, 11) is -9.82. The van der Waals surface area contributed by atoms with E-state index in [1.165, 1.54) is 0 Å². The van der Waals surface area contributed by atoms with Gasteiger partial charge in [0.1, 0.15) is 0 Å². The molecule has 1 heterocycles. The SMILES string of the molecule is O=S(=O)([O-])CC(CC1(O)CCOC1)S(=O)(=O)[O-].[Na+].[Na+]. The van der Waals surface area contributed by atoms with Crippen molar-refractivity contribution in [1.29, 1.82) is 0 Å². The predicted molar refractivity (Wildman–Crippen MR) is 53.1 cm³/mol. The van der Waals surface area contributed by atoms with Crippen LogP contribution in [0.4, 0.5) is 0 Å². The van der Waals surface area contributed by atoms with Gasteiger partial charge in [0.25, 0.3) is 0 Å². The molecule has 1 saturated heterocycles. The normalized spacial score (nSPS) is 25.2. The number of aliphatic hydroxyl groups is 1. The van der Waals surface area contributed by atoms with Crippen LogP contribution in [0.2, 0.25) is 0 Å². The van der Waals surface area contributed by atoms with Gasteiger partial charge in [0.15, 0.2) is 0 Å². The van der Waals surface area contributed by atoms with Crippen LogP contribution >= 0.6 is 0 Å². The maximum Gasteiger partial charge on any atom is 1.00 e. The van der Waals surface area contributed by atoms with Gasteiger partial charge in [0, 0.05) is 13.0 Å². The van der Waals surface area contributed by atoms with Crippen molar-refractivity contribution in [2.24, 2.45) is 0 Å². The van der Waals surface area contributed by atoms with E-state index in [0.29, 0.717) is 0 Å². The molecule has 1 aliphatic rings. The van der Waals surface area contributed by atoms with Gasteiger partial charge in [-0.25, -0.2) is 16.8 Å². The van der Waals surface area contributed by atoms with Crippen molar-refractivity contribution >= 4 is 20.2 Å². The van der Waals surface area contributed by atoms with Crippen molar-refractivity contribution in [1.82, 2.24) is 0 Å². The number of ether oxygens (including phenoxy) is 1. The molecule has 0 aromatic rings. The van der Waals surface area contributed by atoms with E-state index in [1.807, 2.05) is 0 Å². The minimum Gasteiger partial charge on any atom is -0.748 e. The predicted octanol–water partition coefficient (Wildman–Crippen LogP) is -8.01. The Morgan fingerprint density at radius 1 is 1.21 bits per heavy atom. The molecular formula is C7H12Na2O8S2. The average molecular weight is 334 g/mol. The smallest absolute Gasteiger partial charge is 0.748 e. The van der Waals surface area contributed by atoms with Crippen LogP contribution in [0, 0.1) is 0 Å². The zero-order valence-electron chi connectivity index (χ0n) is 10.7. The maximum atomic E-state index is 10.8. The second kappa shape index (κ2) is 8.39. The van der Waals surface area contributed by atoms with Crippen LogP contribution in [0.3, 0.4) is 0 Å². The first kappa shape index (κ1) is 23.0. The van der Waals surface area contributed by atoms with Gasteiger partial charge in [-0.3, -0.25) is 0 Å². The van der Waals surface area contributed by atoms with Gasteiger partial charge >= 0.3 is 59.1 Å². The third kappa shape index (κ3) is 8.69. The van der Waals surface area contributed by atoms with Crippen LogP contribution in [0.15, 0.2) is 0 Å². The molecule has 1 aliphatic heterocycles. The van der Waals surface area contributed by atoms with Gasteiger partial charge in [-0.1, -0.05) is 0 Å². The fourth-order valence-corrected chi connectivity index (χ4v) is 3.91. The van der Waals surface area contributed by atoms with Crippen molar-refractivity contribution < 1.29 is 94.9 Å². The van der Waals surface area contributed by atoms with Crippen LogP contribution in [0.25, 0.3) is 0 Å². The molecule has 102 valence electrons. The monoisotopic (exact) mass is 334 g/mol. The number of hydrogen-bond donors (Lipinski definition) is 1. The standard InChI is InChI=1S/C7H14O8S2.2Na/c8-7(1-2-15-5-7)3-6(17(12,13)14)4-16(9,10)11;;/h6,8H,1-5H2,(H,9,10,11)(H,12,13,14);;/q;2*+1/p-2. The van der Waals surface area contributed by atoms with E-state index in [9.17, 15) is 31.0 Å². The van der Waals surface area contributed by atoms with E-state index < -0.39 is 43.3 Å². The fourth-order valence-electron chi connectivity index (χ4n) is 1.65. The first-order chi connectivity index (χ1) is 7.52. The molecule has 1 N–H and O–H groups in total. The Morgan fingerprint density at radius 3 is 2.05 bits per heavy atom. The van der Waals surface area contributed by atoms with E-state index in [4.69, 9.17) is 4.74 Å². The number of hydrogen-bond acceptors (Lipinski definition) is 8. The molecule has 0 bridgehead atoms. The van der Waals surface area contributed by atoms with Crippen molar-refractivity contribution in [3.05, 3.63) is 0 Å². The van der Waals surface area contributed by atoms with Gasteiger partial charge in [-0.2, -0.15) is 0 Å². The van der Waals surface area contributed by atoms with Crippen molar-refractivity contribution in [2.75, 3.05) is 19.0 Å². The van der Waals surface area contributed by atoms with Gasteiger partial charge in [0.2, 0.25) is 0 Å². The second-order valence-electron chi connectivity index (χ2n) is 4.07. The summed E-state index contributed by atoms with van der Waals surface area (Å²) >= 11 is 0. The molecule has 0 spiro atoms. The first-order valence-corrected chi connectivity index (χ1v) is 7.75. The van der Waals surface area contributed by atoms with Gasteiger partial charge < -0.3 is 18.9 Å². The van der Waals surface area contributed by atoms with Crippen molar-refractivity contribution in [2.45, 2.75) is 23.7 Å². The molecule has 0 aromatic heterocycles. The molecular weight excluding hydrogens is 322 g/mol. The maximum absolute atomic E-state index is 10.8. The molecule has 0 amide bonds. The van der Waals surface area contributed by atoms with Crippen LogP contribution < -0.4 is 59.1 Å². The Kier molecular flexibility index (Phi) is 10.2. The summed E-state index contributed by atoms with van der Waals surface area (Å²) in [6.45, 7) is 0.00414. The fraction of sp³-hybridized carbons (Fsp3) is 1.00. The number of rotatable bonds is 5. The molecule has 12 heteroatoms. The largest absolute Gasteiger partial charge is 1.00 e. The quantitative estimate of drug-likeness (QED) is 0.385. The van der Waals surface area contributed by atoms with Crippen LogP contribution in [-0.2, 0) is 25.0 Å². The summed E-state index contributed by atoms with van der Waals surface area (Å²) in [5.74, 6) is -1.33. The molecule has 0 saturated carbocycles. The molecule has 0 aliphatic carbocycles. The molecule has 0 radical (unpaired) electrons. The Hall–Kier alpha value is 1.74. The van der Waals surface area contributed by atoms with Gasteiger partial charge in [-0.15, -0.1) is 0 Å². The van der Waals surface area contributed by atoms with E-state index in [0.717, 1.165) is 0 Å². The molecule has 2 atom stereocenters. The molecule has 2 unspecified atom stereocenters. The van der Waals surface area contributed by atoms with E-state index in [2.05, 4.69) is 0 Å². The third-order valence-corrected chi connectivity index (χ3v) is 4.66. The molecule has 19 heavy (non-hydrogen) atoms. The van der Waals surface area contributed by atoms with Crippen LogP contribution in [-0.4, -0.2) is 60.9 Å². The molecule has 1 rings (SSSR count). The average Bonchev–Trinajstić information content (AvgIpc) is 2.46. The summed E-state index contributed by atoms with van der Waals surface area (Å²) in [6, 6.07) is 0.